The molecule has 7 heteroatoms. The molecule has 3 aromatic rings. The Balaban J connectivity index is 1.81. The van der Waals surface area contributed by atoms with Gasteiger partial charge in [-0.25, -0.2) is 4.98 Å². The summed E-state index contributed by atoms with van der Waals surface area (Å²) in [6.45, 7) is 7.40. The number of pyridine rings is 1. The second kappa shape index (κ2) is 7.49. The summed E-state index contributed by atoms with van der Waals surface area (Å²) in [5.74, 6) is -0.217. The van der Waals surface area contributed by atoms with Crippen molar-refractivity contribution in [2.75, 3.05) is 5.32 Å². The first-order chi connectivity index (χ1) is 12.0. The molecule has 0 fully saturated rings. The summed E-state index contributed by atoms with van der Waals surface area (Å²) in [6.07, 6.45) is 4.27. The van der Waals surface area contributed by atoms with E-state index in [9.17, 15) is 4.79 Å². The van der Waals surface area contributed by atoms with Crippen molar-refractivity contribution in [3.63, 3.8) is 0 Å². The average Bonchev–Trinajstić information content (AvgIpc) is 3.14. The van der Waals surface area contributed by atoms with Crippen LogP contribution < -0.4 is 5.32 Å². The Labute approximate surface area is 159 Å². The lowest BCUT2D eigenvalue weighted by Gasteiger charge is -2.07. The predicted molar refractivity (Wildman–Crippen MR) is 105 cm³/mol. The molecule has 0 saturated heterocycles. The van der Waals surface area contributed by atoms with Crippen LogP contribution >= 0.6 is 27.3 Å². The number of anilines is 1. The van der Waals surface area contributed by atoms with Crippen molar-refractivity contribution in [1.29, 1.82) is 0 Å². The smallest absolute Gasteiger partial charge is 0.259 e. The standard InChI is InChI=1S/C18H19BrN4OS/c1-4-5-23-11(2)6-15(12(23)3)16-10-25-18(21-16)22-17(24)13-7-14(19)9-20-8-13/h6-10H,4-5H2,1-3H3,(H,21,22,24). The molecule has 0 aliphatic rings. The average molecular weight is 419 g/mol. The second-order valence-electron chi connectivity index (χ2n) is 5.82. The van der Waals surface area contributed by atoms with Gasteiger partial charge in [-0.15, -0.1) is 11.3 Å². The third kappa shape index (κ3) is 3.82. The number of aryl methyl sites for hydroxylation is 1. The Morgan fingerprint density at radius 3 is 2.84 bits per heavy atom. The molecule has 1 N–H and O–H groups in total. The number of rotatable bonds is 5. The van der Waals surface area contributed by atoms with Crippen LogP contribution in [0.2, 0.25) is 0 Å². The first-order valence-electron chi connectivity index (χ1n) is 8.04. The molecule has 1 amide bonds. The van der Waals surface area contributed by atoms with Gasteiger partial charge in [0.25, 0.3) is 5.91 Å². The van der Waals surface area contributed by atoms with Crippen molar-refractivity contribution in [1.82, 2.24) is 14.5 Å². The first-order valence-corrected chi connectivity index (χ1v) is 9.71. The van der Waals surface area contributed by atoms with Crippen LogP contribution in [0.25, 0.3) is 11.3 Å². The van der Waals surface area contributed by atoms with Crippen molar-refractivity contribution in [2.45, 2.75) is 33.7 Å². The third-order valence-electron chi connectivity index (χ3n) is 3.99. The van der Waals surface area contributed by atoms with Gasteiger partial charge in [-0.3, -0.25) is 15.1 Å². The van der Waals surface area contributed by atoms with Gasteiger partial charge in [0.05, 0.1) is 11.3 Å². The molecule has 3 aromatic heterocycles. The first kappa shape index (κ1) is 17.8. The minimum atomic E-state index is -0.217. The Bertz CT molecular complexity index is 916. The van der Waals surface area contributed by atoms with Crippen molar-refractivity contribution >= 4 is 38.3 Å². The van der Waals surface area contributed by atoms with E-state index in [2.05, 4.69) is 62.6 Å². The highest BCUT2D eigenvalue weighted by atomic mass is 79.9. The van der Waals surface area contributed by atoms with Crippen LogP contribution in [0.1, 0.15) is 35.1 Å². The van der Waals surface area contributed by atoms with Gasteiger partial charge in [-0.05, 0) is 48.3 Å². The molecule has 130 valence electrons. The molecule has 0 radical (unpaired) electrons. The fraction of sp³-hybridized carbons (Fsp3) is 0.278. The molecule has 0 bridgehead atoms. The van der Waals surface area contributed by atoms with Gasteiger partial charge in [0.15, 0.2) is 5.13 Å². The summed E-state index contributed by atoms with van der Waals surface area (Å²) in [5, 5.41) is 5.41. The number of carbonyl (C=O) groups is 1. The van der Waals surface area contributed by atoms with Crippen molar-refractivity contribution in [2.24, 2.45) is 0 Å². The number of nitrogens with zero attached hydrogens (tertiary/aromatic N) is 3. The summed E-state index contributed by atoms with van der Waals surface area (Å²) in [5.41, 5.74) is 4.94. The Morgan fingerprint density at radius 1 is 1.32 bits per heavy atom. The normalized spacial score (nSPS) is 10.9. The molecule has 0 atom stereocenters. The highest BCUT2D eigenvalue weighted by molar-refractivity contribution is 9.10. The van der Waals surface area contributed by atoms with E-state index < -0.39 is 0 Å². The zero-order chi connectivity index (χ0) is 18.0. The number of aromatic nitrogens is 3. The molecule has 3 heterocycles. The molecule has 0 aliphatic heterocycles. The van der Waals surface area contributed by atoms with E-state index in [0.29, 0.717) is 10.7 Å². The summed E-state index contributed by atoms with van der Waals surface area (Å²) < 4.78 is 3.07. The Kier molecular flexibility index (Phi) is 5.34. The maximum Gasteiger partial charge on any atom is 0.259 e. The van der Waals surface area contributed by atoms with E-state index in [-0.39, 0.29) is 5.91 Å². The van der Waals surface area contributed by atoms with Crippen LogP contribution in [0.5, 0.6) is 0 Å². The van der Waals surface area contributed by atoms with E-state index in [1.54, 1.807) is 12.3 Å². The Morgan fingerprint density at radius 2 is 2.12 bits per heavy atom. The lowest BCUT2D eigenvalue weighted by Crippen LogP contribution is -2.11. The number of thiazole rings is 1. The lowest BCUT2D eigenvalue weighted by atomic mass is 10.2. The zero-order valence-electron chi connectivity index (χ0n) is 14.3. The Hall–Kier alpha value is -1.99. The van der Waals surface area contributed by atoms with Gasteiger partial charge in [0, 0.05) is 45.7 Å². The molecule has 0 unspecified atom stereocenters. The number of hydrogen-bond donors (Lipinski definition) is 1. The van der Waals surface area contributed by atoms with E-state index in [0.717, 1.165) is 28.7 Å². The largest absolute Gasteiger partial charge is 0.348 e. The van der Waals surface area contributed by atoms with Gasteiger partial charge in [-0.2, -0.15) is 0 Å². The lowest BCUT2D eigenvalue weighted by molar-refractivity contribution is 0.102. The molecular weight excluding hydrogens is 400 g/mol. The van der Waals surface area contributed by atoms with Crippen LogP contribution in [0.15, 0.2) is 34.4 Å². The number of nitrogens with one attached hydrogen (secondary N) is 1. The number of halogens is 1. The quantitative estimate of drug-likeness (QED) is 0.630. The van der Waals surface area contributed by atoms with E-state index in [1.807, 2.05) is 5.38 Å². The minimum Gasteiger partial charge on any atom is -0.348 e. The molecule has 25 heavy (non-hydrogen) atoms. The topological polar surface area (TPSA) is 59.8 Å². The van der Waals surface area contributed by atoms with Gasteiger partial charge < -0.3 is 4.57 Å². The van der Waals surface area contributed by atoms with E-state index in [1.165, 1.54) is 28.9 Å². The van der Waals surface area contributed by atoms with Crippen LogP contribution in [0, 0.1) is 13.8 Å². The van der Waals surface area contributed by atoms with Gasteiger partial charge in [0.1, 0.15) is 0 Å². The van der Waals surface area contributed by atoms with Crippen LogP contribution in [-0.4, -0.2) is 20.4 Å². The molecule has 3 rings (SSSR count). The summed E-state index contributed by atoms with van der Waals surface area (Å²) in [7, 11) is 0. The summed E-state index contributed by atoms with van der Waals surface area (Å²) in [4.78, 5) is 20.9. The zero-order valence-corrected chi connectivity index (χ0v) is 16.7. The molecule has 0 spiro atoms. The fourth-order valence-electron chi connectivity index (χ4n) is 2.79. The molecule has 5 nitrogen and oxygen atoms in total. The molecule has 0 saturated carbocycles. The van der Waals surface area contributed by atoms with Crippen LogP contribution in [0.3, 0.4) is 0 Å². The predicted octanol–water partition coefficient (Wildman–Crippen LogP) is 5.05. The summed E-state index contributed by atoms with van der Waals surface area (Å²) >= 11 is 4.75. The van der Waals surface area contributed by atoms with Gasteiger partial charge >= 0.3 is 0 Å². The highest BCUT2D eigenvalue weighted by Gasteiger charge is 2.15. The number of amides is 1. The van der Waals surface area contributed by atoms with E-state index in [4.69, 9.17) is 0 Å². The maximum atomic E-state index is 12.3. The van der Waals surface area contributed by atoms with Crippen LogP contribution in [0.4, 0.5) is 5.13 Å². The maximum absolute atomic E-state index is 12.3. The second-order valence-corrected chi connectivity index (χ2v) is 7.59. The minimum absolute atomic E-state index is 0.217. The highest BCUT2D eigenvalue weighted by Crippen LogP contribution is 2.30. The van der Waals surface area contributed by atoms with Crippen molar-refractivity contribution in [3.8, 4) is 11.3 Å². The number of hydrogen-bond acceptors (Lipinski definition) is 4. The number of carbonyl (C=O) groups excluding carboxylic acids is 1. The monoisotopic (exact) mass is 418 g/mol. The SMILES string of the molecule is CCCn1c(C)cc(-c2csc(NC(=O)c3cncc(Br)c3)n2)c1C. The summed E-state index contributed by atoms with van der Waals surface area (Å²) in [6, 6.07) is 3.89. The van der Waals surface area contributed by atoms with Crippen molar-refractivity contribution < 1.29 is 4.79 Å². The van der Waals surface area contributed by atoms with Crippen molar-refractivity contribution in [3.05, 3.63) is 51.3 Å². The van der Waals surface area contributed by atoms with Crippen LogP contribution in [-0.2, 0) is 6.54 Å². The molecular formula is C18H19BrN4OS. The van der Waals surface area contributed by atoms with Gasteiger partial charge in [0.2, 0.25) is 0 Å². The third-order valence-corrected chi connectivity index (χ3v) is 5.18. The van der Waals surface area contributed by atoms with Gasteiger partial charge in [-0.1, -0.05) is 6.92 Å². The molecule has 0 aromatic carbocycles. The van der Waals surface area contributed by atoms with E-state index >= 15 is 0 Å². The molecule has 0 aliphatic carbocycles. The fourth-order valence-corrected chi connectivity index (χ4v) is 3.86.